The number of alkyl halides is 3. The molecule has 114 valence electrons. The molecule has 0 spiro atoms. The third-order valence-electron chi connectivity index (χ3n) is 2.59. The molecule has 7 heteroatoms. The fourth-order valence-corrected chi connectivity index (χ4v) is 1.70. The van der Waals surface area contributed by atoms with Gasteiger partial charge in [-0.25, -0.2) is 4.98 Å². The van der Waals surface area contributed by atoms with E-state index in [9.17, 15) is 13.2 Å². The van der Waals surface area contributed by atoms with E-state index in [1.165, 1.54) is 36.5 Å². The zero-order valence-electron chi connectivity index (χ0n) is 11.4. The molecule has 1 heterocycles. The van der Waals surface area contributed by atoms with E-state index < -0.39 is 6.36 Å². The van der Waals surface area contributed by atoms with Crippen LogP contribution >= 0.6 is 0 Å². The van der Waals surface area contributed by atoms with E-state index in [-0.39, 0.29) is 17.3 Å². The lowest BCUT2D eigenvalue weighted by Crippen LogP contribution is -2.18. The Labute approximate surface area is 125 Å². The second-order valence-electron chi connectivity index (χ2n) is 4.10. The van der Waals surface area contributed by atoms with E-state index in [1.807, 2.05) is 0 Å². The molecular weight excluding hydrogens is 295 g/mol. The zero-order chi connectivity index (χ0) is 16.2. The molecule has 1 N–H and O–H groups in total. The molecule has 0 atom stereocenters. The summed E-state index contributed by atoms with van der Waals surface area (Å²) < 4.78 is 41.1. The van der Waals surface area contributed by atoms with E-state index in [4.69, 9.17) is 0 Å². The van der Waals surface area contributed by atoms with Gasteiger partial charge in [0.05, 0.1) is 23.3 Å². The van der Waals surface area contributed by atoms with Gasteiger partial charge in [-0.15, -0.1) is 13.2 Å². The normalized spacial score (nSPS) is 10.9. The van der Waals surface area contributed by atoms with Crippen LogP contribution in [-0.2, 0) is 0 Å². The Hall–Kier alpha value is -2.83. The number of ether oxygens (including phenoxy) is 1. The van der Waals surface area contributed by atoms with Gasteiger partial charge in [0.1, 0.15) is 5.82 Å². The van der Waals surface area contributed by atoms with Gasteiger partial charge < -0.3 is 10.1 Å². The standard InChI is InChI=1S/C15H12F3N3O/c1-3-10-11(4-2)20-14(9-19-10)21-12-7-5-6-8-13(12)22-15(16,17)18/h3-9H,1-2H2,(H,20,21). The minimum absolute atomic E-state index is 0.121. The quantitative estimate of drug-likeness (QED) is 0.889. The second-order valence-corrected chi connectivity index (χ2v) is 4.10. The van der Waals surface area contributed by atoms with E-state index in [1.54, 1.807) is 6.07 Å². The molecule has 0 bridgehead atoms. The van der Waals surface area contributed by atoms with Gasteiger partial charge in [0.15, 0.2) is 5.75 Å². The number of anilines is 2. The van der Waals surface area contributed by atoms with Gasteiger partial charge in [-0.05, 0) is 24.3 Å². The van der Waals surface area contributed by atoms with Crippen LogP contribution in [0.25, 0.3) is 12.2 Å². The van der Waals surface area contributed by atoms with Crippen LogP contribution in [0.5, 0.6) is 5.75 Å². The lowest BCUT2D eigenvalue weighted by Gasteiger charge is -2.14. The van der Waals surface area contributed by atoms with E-state index >= 15 is 0 Å². The number of hydrogen-bond acceptors (Lipinski definition) is 4. The first kappa shape index (κ1) is 15.6. The highest BCUT2D eigenvalue weighted by Gasteiger charge is 2.32. The number of aromatic nitrogens is 2. The molecule has 0 fully saturated rings. The second kappa shape index (κ2) is 6.30. The minimum Gasteiger partial charge on any atom is -0.404 e. The molecule has 0 saturated carbocycles. The SMILES string of the molecule is C=Cc1ncc(Nc2ccccc2OC(F)(F)F)nc1C=C. The lowest BCUT2D eigenvalue weighted by molar-refractivity contribution is -0.274. The van der Waals surface area contributed by atoms with Gasteiger partial charge in [-0.3, -0.25) is 4.98 Å². The number of benzene rings is 1. The van der Waals surface area contributed by atoms with Crippen LogP contribution in [0.1, 0.15) is 11.4 Å². The van der Waals surface area contributed by atoms with Crippen molar-refractivity contribution in [3.05, 3.63) is 55.0 Å². The molecule has 0 aliphatic rings. The van der Waals surface area contributed by atoms with Gasteiger partial charge in [-0.2, -0.15) is 0 Å². The number of hydrogen-bond donors (Lipinski definition) is 1. The molecule has 0 radical (unpaired) electrons. The summed E-state index contributed by atoms with van der Waals surface area (Å²) in [5.74, 6) is -0.0940. The smallest absolute Gasteiger partial charge is 0.404 e. The number of halogens is 3. The molecule has 0 aliphatic heterocycles. The van der Waals surface area contributed by atoms with Crippen molar-refractivity contribution in [3.8, 4) is 5.75 Å². The van der Waals surface area contributed by atoms with Gasteiger partial charge >= 0.3 is 6.36 Å². The Bertz CT molecular complexity index is 699. The number of nitrogens with zero attached hydrogens (tertiary/aromatic N) is 2. The van der Waals surface area contributed by atoms with Crippen LogP contribution in [0, 0.1) is 0 Å². The first-order valence-corrected chi connectivity index (χ1v) is 6.16. The first-order chi connectivity index (χ1) is 10.4. The van der Waals surface area contributed by atoms with E-state index in [0.29, 0.717) is 11.4 Å². The Morgan fingerprint density at radius 2 is 1.77 bits per heavy atom. The maximum atomic E-state index is 12.4. The van der Waals surface area contributed by atoms with E-state index in [0.717, 1.165) is 0 Å². The largest absolute Gasteiger partial charge is 0.573 e. The van der Waals surface area contributed by atoms with Gasteiger partial charge in [0, 0.05) is 0 Å². The third kappa shape index (κ3) is 3.85. The van der Waals surface area contributed by atoms with Crippen molar-refractivity contribution in [1.29, 1.82) is 0 Å². The summed E-state index contributed by atoms with van der Waals surface area (Å²) in [7, 11) is 0. The number of nitrogens with one attached hydrogen (secondary N) is 1. The highest BCUT2D eigenvalue weighted by atomic mass is 19.4. The van der Waals surface area contributed by atoms with Crippen molar-refractivity contribution in [2.45, 2.75) is 6.36 Å². The molecule has 4 nitrogen and oxygen atoms in total. The lowest BCUT2D eigenvalue weighted by atomic mass is 10.2. The van der Waals surface area contributed by atoms with Crippen LogP contribution in [0.15, 0.2) is 43.6 Å². The van der Waals surface area contributed by atoms with Crippen molar-refractivity contribution in [3.63, 3.8) is 0 Å². The van der Waals surface area contributed by atoms with Gasteiger partial charge in [0.2, 0.25) is 0 Å². The Kier molecular flexibility index (Phi) is 4.45. The molecule has 22 heavy (non-hydrogen) atoms. The number of para-hydroxylation sites is 2. The zero-order valence-corrected chi connectivity index (χ0v) is 11.4. The summed E-state index contributed by atoms with van der Waals surface area (Å²) in [5, 5.41) is 2.74. The highest BCUT2D eigenvalue weighted by Crippen LogP contribution is 2.31. The maximum absolute atomic E-state index is 12.4. The molecule has 0 unspecified atom stereocenters. The third-order valence-corrected chi connectivity index (χ3v) is 2.59. The Morgan fingerprint density at radius 1 is 1.09 bits per heavy atom. The number of rotatable bonds is 5. The minimum atomic E-state index is -4.78. The summed E-state index contributed by atoms with van der Waals surface area (Å²) in [6, 6.07) is 5.66. The fourth-order valence-electron chi connectivity index (χ4n) is 1.70. The first-order valence-electron chi connectivity index (χ1n) is 6.16. The molecule has 2 rings (SSSR count). The molecule has 1 aromatic carbocycles. The predicted octanol–water partition coefficient (Wildman–Crippen LogP) is 4.40. The molecule has 0 aliphatic carbocycles. The summed E-state index contributed by atoms with van der Waals surface area (Å²) in [5.41, 5.74) is 1.12. The van der Waals surface area contributed by atoms with Crippen molar-refractivity contribution in [1.82, 2.24) is 9.97 Å². The Balaban J connectivity index is 2.31. The molecular formula is C15H12F3N3O. The average Bonchev–Trinajstić information content (AvgIpc) is 2.47. The summed E-state index contributed by atoms with van der Waals surface area (Å²) in [6.07, 6.45) is -0.404. The highest BCUT2D eigenvalue weighted by molar-refractivity contribution is 5.66. The van der Waals surface area contributed by atoms with Crippen LogP contribution in [0.2, 0.25) is 0 Å². The van der Waals surface area contributed by atoms with Gasteiger partial charge in [-0.1, -0.05) is 25.3 Å². The summed E-state index contributed by atoms with van der Waals surface area (Å²) >= 11 is 0. The van der Waals surface area contributed by atoms with Crippen LogP contribution < -0.4 is 10.1 Å². The molecule has 0 amide bonds. The fraction of sp³-hybridized carbons (Fsp3) is 0.0667. The Morgan fingerprint density at radius 3 is 2.41 bits per heavy atom. The van der Waals surface area contributed by atoms with Crippen molar-refractivity contribution in [2.75, 3.05) is 5.32 Å². The molecule has 1 aromatic heterocycles. The van der Waals surface area contributed by atoms with Crippen LogP contribution in [0.3, 0.4) is 0 Å². The average molecular weight is 307 g/mol. The van der Waals surface area contributed by atoms with Crippen molar-refractivity contribution < 1.29 is 17.9 Å². The summed E-state index contributed by atoms with van der Waals surface area (Å²) in [4.78, 5) is 8.29. The summed E-state index contributed by atoms with van der Waals surface area (Å²) in [6.45, 7) is 7.19. The maximum Gasteiger partial charge on any atom is 0.573 e. The monoisotopic (exact) mass is 307 g/mol. The molecule has 2 aromatic rings. The van der Waals surface area contributed by atoms with Crippen molar-refractivity contribution >= 4 is 23.7 Å². The van der Waals surface area contributed by atoms with Crippen LogP contribution in [0.4, 0.5) is 24.7 Å². The topological polar surface area (TPSA) is 47.0 Å². The van der Waals surface area contributed by atoms with Gasteiger partial charge in [0.25, 0.3) is 0 Å². The van der Waals surface area contributed by atoms with Crippen molar-refractivity contribution in [2.24, 2.45) is 0 Å². The van der Waals surface area contributed by atoms with Crippen LogP contribution in [-0.4, -0.2) is 16.3 Å². The molecule has 0 saturated heterocycles. The van der Waals surface area contributed by atoms with E-state index in [2.05, 4.69) is 33.2 Å². The predicted molar refractivity (Wildman–Crippen MR) is 78.6 cm³/mol.